The zero-order chi connectivity index (χ0) is 13.3. The molecule has 0 aliphatic heterocycles. The van der Waals surface area contributed by atoms with E-state index in [9.17, 15) is 4.79 Å². The molecule has 2 nitrogen and oxygen atoms in total. The maximum atomic E-state index is 12.5. The van der Waals surface area contributed by atoms with Gasteiger partial charge in [-0.1, -0.05) is 29.8 Å². The quantitative estimate of drug-likeness (QED) is 0.644. The number of carbonyl (C=O) groups is 1. The van der Waals surface area contributed by atoms with E-state index in [0.29, 0.717) is 11.3 Å². The molecule has 0 fully saturated rings. The van der Waals surface area contributed by atoms with Crippen LogP contribution in [-0.2, 0) is 0 Å². The number of benzene rings is 2. The van der Waals surface area contributed by atoms with Gasteiger partial charge in [-0.2, -0.15) is 0 Å². The Bertz CT molecular complexity index is 591. The van der Waals surface area contributed by atoms with E-state index in [1.54, 1.807) is 24.3 Å². The summed E-state index contributed by atoms with van der Waals surface area (Å²) in [6.07, 6.45) is 0. The molecule has 2 aromatic carbocycles. The number of nitrogens with two attached hydrogens (primary N) is 1. The zero-order valence-electron chi connectivity index (χ0n) is 10.9. The molecule has 0 bridgehead atoms. The summed E-state index contributed by atoms with van der Waals surface area (Å²) in [7, 11) is 0. The average Bonchev–Trinajstić information content (AvgIpc) is 2.27. The second kappa shape index (κ2) is 4.65. The molecule has 2 rings (SSSR count). The molecule has 0 saturated heterocycles. The third-order valence-corrected chi connectivity index (χ3v) is 3.05. The summed E-state index contributed by atoms with van der Waals surface area (Å²) in [6, 6.07) is 11.2. The van der Waals surface area contributed by atoms with E-state index in [4.69, 9.17) is 5.73 Å². The Morgan fingerprint density at radius 3 is 2.17 bits per heavy atom. The van der Waals surface area contributed by atoms with Crippen LogP contribution >= 0.6 is 0 Å². The Hall–Kier alpha value is -2.09. The predicted octanol–water partition coefficient (Wildman–Crippen LogP) is 3.43. The molecule has 2 heteroatoms. The van der Waals surface area contributed by atoms with E-state index in [1.165, 1.54) is 5.56 Å². The first-order valence-electron chi connectivity index (χ1n) is 5.97. The first-order valence-corrected chi connectivity index (χ1v) is 5.97. The summed E-state index contributed by atoms with van der Waals surface area (Å²) in [5, 5.41) is 0. The Morgan fingerprint density at radius 1 is 1.00 bits per heavy atom. The third kappa shape index (κ3) is 2.28. The topological polar surface area (TPSA) is 43.1 Å². The number of ketones is 1. The van der Waals surface area contributed by atoms with Gasteiger partial charge in [-0.3, -0.25) is 4.79 Å². The van der Waals surface area contributed by atoms with Crippen molar-refractivity contribution in [2.75, 3.05) is 5.73 Å². The van der Waals surface area contributed by atoms with Crippen molar-refractivity contribution in [2.24, 2.45) is 0 Å². The first kappa shape index (κ1) is 12.4. The summed E-state index contributed by atoms with van der Waals surface area (Å²) in [5.74, 6) is 0.0392. The third-order valence-electron chi connectivity index (χ3n) is 3.05. The molecule has 0 heterocycles. The first-order chi connectivity index (χ1) is 8.49. The van der Waals surface area contributed by atoms with Crippen molar-refractivity contribution in [1.82, 2.24) is 0 Å². The fraction of sp³-hybridized carbons (Fsp3) is 0.188. The summed E-state index contributed by atoms with van der Waals surface area (Å²) >= 11 is 0. The highest BCUT2D eigenvalue weighted by molar-refractivity contribution is 6.11. The minimum Gasteiger partial charge on any atom is -0.399 e. The van der Waals surface area contributed by atoms with E-state index in [-0.39, 0.29) is 5.78 Å². The van der Waals surface area contributed by atoms with Crippen molar-refractivity contribution in [2.45, 2.75) is 20.8 Å². The van der Waals surface area contributed by atoms with Crippen LogP contribution in [0.25, 0.3) is 0 Å². The Kier molecular flexibility index (Phi) is 3.19. The predicted molar refractivity (Wildman–Crippen MR) is 74.9 cm³/mol. The number of aryl methyl sites for hydroxylation is 3. The van der Waals surface area contributed by atoms with Gasteiger partial charge < -0.3 is 5.73 Å². The minimum absolute atomic E-state index is 0.0392. The van der Waals surface area contributed by atoms with Crippen molar-refractivity contribution in [3.05, 3.63) is 64.2 Å². The lowest BCUT2D eigenvalue weighted by Gasteiger charge is -2.10. The minimum atomic E-state index is 0.0392. The molecular weight excluding hydrogens is 222 g/mol. The van der Waals surface area contributed by atoms with Gasteiger partial charge >= 0.3 is 0 Å². The molecule has 92 valence electrons. The number of rotatable bonds is 2. The fourth-order valence-electron chi connectivity index (χ4n) is 2.36. The number of nitrogen functional groups attached to an aromatic ring is 1. The van der Waals surface area contributed by atoms with Crippen LogP contribution in [0.15, 0.2) is 36.4 Å². The summed E-state index contributed by atoms with van der Waals surface area (Å²) in [5.41, 5.74) is 11.0. The highest BCUT2D eigenvalue weighted by Crippen LogP contribution is 2.21. The molecule has 0 amide bonds. The maximum Gasteiger partial charge on any atom is 0.193 e. The van der Waals surface area contributed by atoms with Gasteiger partial charge in [0.1, 0.15) is 0 Å². The molecule has 0 aliphatic carbocycles. The van der Waals surface area contributed by atoms with E-state index in [2.05, 4.69) is 0 Å². The lowest BCUT2D eigenvalue weighted by atomic mass is 9.93. The number of hydrogen-bond donors (Lipinski definition) is 1. The molecule has 2 aromatic rings. The number of hydrogen-bond acceptors (Lipinski definition) is 2. The van der Waals surface area contributed by atoms with Crippen LogP contribution in [0.5, 0.6) is 0 Å². The normalized spacial score (nSPS) is 10.4. The van der Waals surface area contributed by atoms with Crippen molar-refractivity contribution in [3.63, 3.8) is 0 Å². The monoisotopic (exact) mass is 239 g/mol. The van der Waals surface area contributed by atoms with Gasteiger partial charge in [-0.25, -0.2) is 0 Å². The van der Waals surface area contributed by atoms with Crippen molar-refractivity contribution >= 4 is 11.5 Å². The molecule has 0 saturated carbocycles. The SMILES string of the molecule is Cc1cc(C)c(C(=O)c2cccc(N)c2)c(C)c1. The fourth-order valence-corrected chi connectivity index (χ4v) is 2.36. The van der Waals surface area contributed by atoms with Gasteiger partial charge in [0, 0.05) is 16.8 Å². The van der Waals surface area contributed by atoms with Gasteiger partial charge in [0.15, 0.2) is 5.78 Å². The van der Waals surface area contributed by atoms with Crippen LogP contribution in [0.1, 0.15) is 32.6 Å². The average molecular weight is 239 g/mol. The number of anilines is 1. The second-order valence-corrected chi connectivity index (χ2v) is 4.73. The van der Waals surface area contributed by atoms with Crippen molar-refractivity contribution < 1.29 is 4.79 Å². The number of carbonyl (C=O) groups excluding carboxylic acids is 1. The maximum absolute atomic E-state index is 12.5. The van der Waals surface area contributed by atoms with Gasteiger partial charge in [-0.05, 0) is 44.0 Å². The van der Waals surface area contributed by atoms with Gasteiger partial charge in [-0.15, -0.1) is 0 Å². The van der Waals surface area contributed by atoms with Gasteiger partial charge in [0.2, 0.25) is 0 Å². The Balaban J connectivity index is 2.53. The summed E-state index contributed by atoms with van der Waals surface area (Å²) < 4.78 is 0. The van der Waals surface area contributed by atoms with Crippen LogP contribution in [-0.4, -0.2) is 5.78 Å². The molecule has 0 aromatic heterocycles. The van der Waals surface area contributed by atoms with Crippen LogP contribution in [0.2, 0.25) is 0 Å². The van der Waals surface area contributed by atoms with Crippen molar-refractivity contribution in [3.8, 4) is 0 Å². The van der Waals surface area contributed by atoms with Crippen LogP contribution < -0.4 is 5.73 Å². The van der Waals surface area contributed by atoms with E-state index in [1.807, 2.05) is 32.9 Å². The molecule has 2 N–H and O–H groups in total. The zero-order valence-corrected chi connectivity index (χ0v) is 10.9. The Morgan fingerprint density at radius 2 is 1.61 bits per heavy atom. The smallest absolute Gasteiger partial charge is 0.193 e. The molecule has 0 unspecified atom stereocenters. The highest BCUT2D eigenvalue weighted by atomic mass is 16.1. The largest absolute Gasteiger partial charge is 0.399 e. The molecule has 0 atom stereocenters. The van der Waals surface area contributed by atoms with Crippen molar-refractivity contribution in [1.29, 1.82) is 0 Å². The van der Waals surface area contributed by atoms with E-state index >= 15 is 0 Å². The lowest BCUT2D eigenvalue weighted by molar-refractivity contribution is 0.103. The van der Waals surface area contributed by atoms with Crippen LogP contribution in [0, 0.1) is 20.8 Å². The van der Waals surface area contributed by atoms with E-state index in [0.717, 1.165) is 16.7 Å². The van der Waals surface area contributed by atoms with E-state index < -0.39 is 0 Å². The second-order valence-electron chi connectivity index (χ2n) is 4.73. The molecule has 0 spiro atoms. The molecule has 0 radical (unpaired) electrons. The molecular formula is C16H17NO. The standard InChI is InChI=1S/C16H17NO/c1-10-7-11(2)15(12(3)8-10)16(18)13-5-4-6-14(17)9-13/h4-9H,17H2,1-3H3. The summed E-state index contributed by atoms with van der Waals surface area (Å²) in [4.78, 5) is 12.5. The Labute approximate surface area is 107 Å². The van der Waals surface area contributed by atoms with Crippen LogP contribution in [0.3, 0.4) is 0 Å². The molecule has 0 aliphatic rings. The van der Waals surface area contributed by atoms with Crippen LogP contribution in [0.4, 0.5) is 5.69 Å². The summed E-state index contributed by atoms with van der Waals surface area (Å²) in [6.45, 7) is 5.98. The van der Waals surface area contributed by atoms with Gasteiger partial charge in [0.25, 0.3) is 0 Å². The van der Waals surface area contributed by atoms with Gasteiger partial charge in [0.05, 0.1) is 0 Å². The highest BCUT2D eigenvalue weighted by Gasteiger charge is 2.14. The molecule has 18 heavy (non-hydrogen) atoms. The lowest BCUT2D eigenvalue weighted by Crippen LogP contribution is -2.07.